The summed E-state index contributed by atoms with van der Waals surface area (Å²) in [6, 6.07) is 4.46. The van der Waals surface area contributed by atoms with E-state index in [2.05, 4.69) is 25.6 Å². The normalized spacial score (nSPS) is 11.4. The van der Waals surface area contributed by atoms with Crippen molar-refractivity contribution in [3.8, 4) is 17.3 Å². The quantitative estimate of drug-likeness (QED) is 0.477. The minimum atomic E-state index is -0.909. The lowest BCUT2D eigenvalue weighted by atomic mass is 10.1. The second kappa shape index (κ2) is 9.74. The molecule has 0 spiro atoms. The summed E-state index contributed by atoms with van der Waals surface area (Å²) in [7, 11) is 0. The highest BCUT2D eigenvalue weighted by Crippen LogP contribution is 2.34. The van der Waals surface area contributed by atoms with Gasteiger partial charge in [-0.2, -0.15) is 4.68 Å². The summed E-state index contributed by atoms with van der Waals surface area (Å²) in [4.78, 5) is 50.6. The van der Waals surface area contributed by atoms with Gasteiger partial charge in [0, 0.05) is 11.6 Å². The monoisotopic (exact) mass is 504 g/mol. The molecule has 2 aromatic heterocycles. The highest BCUT2D eigenvalue weighted by Gasteiger charge is 2.20. The minimum absolute atomic E-state index is 0.0512. The predicted molar refractivity (Wildman–Crippen MR) is 129 cm³/mol. The molecule has 3 aromatic rings. The number of anilines is 1. The first kappa shape index (κ1) is 25.7. The van der Waals surface area contributed by atoms with E-state index in [4.69, 9.17) is 21.1 Å². The molecule has 0 radical (unpaired) electrons. The van der Waals surface area contributed by atoms with Crippen molar-refractivity contribution in [3.05, 3.63) is 65.5 Å². The highest BCUT2D eigenvalue weighted by atomic mass is 35.5. The van der Waals surface area contributed by atoms with E-state index in [1.165, 1.54) is 12.1 Å². The first-order chi connectivity index (χ1) is 16.2. The van der Waals surface area contributed by atoms with Crippen LogP contribution in [-0.4, -0.2) is 36.7 Å². The van der Waals surface area contributed by atoms with Crippen molar-refractivity contribution < 1.29 is 14.3 Å². The smallest absolute Gasteiger partial charge is 0.413 e. The van der Waals surface area contributed by atoms with Gasteiger partial charge in [0.2, 0.25) is 11.7 Å². The fraction of sp³-hybridized carbons (Fsp3) is 0.364. The van der Waals surface area contributed by atoms with E-state index < -0.39 is 28.8 Å². The van der Waals surface area contributed by atoms with Gasteiger partial charge in [0.15, 0.2) is 5.75 Å². The number of aryl methyl sites for hydroxylation is 1. The van der Waals surface area contributed by atoms with Gasteiger partial charge in [-0.15, -0.1) is 10.2 Å². The average Bonchev–Trinajstić information content (AvgIpc) is 2.72. The zero-order valence-corrected chi connectivity index (χ0v) is 20.7. The van der Waals surface area contributed by atoms with Crippen LogP contribution in [0.15, 0.2) is 32.6 Å². The van der Waals surface area contributed by atoms with Crippen molar-refractivity contribution in [2.45, 2.75) is 53.1 Å². The van der Waals surface area contributed by atoms with Gasteiger partial charge >= 0.3 is 11.8 Å². The number of hydrogen-bond acceptors (Lipinski definition) is 8. The molecule has 0 atom stereocenters. The molecular formula is C22H25ClN6O6. The number of H-pyrrole nitrogens is 2. The summed E-state index contributed by atoms with van der Waals surface area (Å²) < 4.78 is 11.8. The van der Waals surface area contributed by atoms with Crippen molar-refractivity contribution in [1.82, 2.24) is 25.0 Å². The van der Waals surface area contributed by atoms with Crippen LogP contribution in [0, 0.1) is 6.92 Å². The standard InChI is InChI=1S/C22H25ClN6O6/c1-10(2)13-9-15(26-27-18(13)30)34-16-11(3)7-12(8-14(16)23)29-20(32)25-19(31)17(28-29)24-21(33)35-22(4,5)6/h7-10H,1-6H3,(H,27,30)(H,24,28,33)(H,25,31,32). The Labute approximate surface area is 204 Å². The molecule has 0 aliphatic heterocycles. The number of nitrogens with one attached hydrogen (secondary N) is 3. The zero-order valence-electron chi connectivity index (χ0n) is 20.0. The molecule has 1 amide bonds. The second-order valence-electron chi connectivity index (χ2n) is 8.97. The van der Waals surface area contributed by atoms with E-state index in [1.807, 2.05) is 13.8 Å². The number of hydrogen-bond donors (Lipinski definition) is 3. The van der Waals surface area contributed by atoms with Gasteiger partial charge in [0.25, 0.3) is 11.1 Å². The third-order valence-corrected chi connectivity index (χ3v) is 4.82. The van der Waals surface area contributed by atoms with Gasteiger partial charge in [-0.05, 0) is 51.3 Å². The highest BCUT2D eigenvalue weighted by molar-refractivity contribution is 6.32. The molecule has 1 aromatic carbocycles. The zero-order chi connectivity index (χ0) is 26.1. The van der Waals surface area contributed by atoms with E-state index in [9.17, 15) is 19.2 Å². The van der Waals surface area contributed by atoms with Gasteiger partial charge in [-0.25, -0.2) is 14.7 Å². The van der Waals surface area contributed by atoms with E-state index in [-0.39, 0.29) is 33.8 Å². The van der Waals surface area contributed by atoms with E-state index in [0.717, 1.165) is 4.68 Å². The van der Waals surface area contributed by atoms with Crippen molar-refractivity contribution in [1.29, 1.82) is 0 Å². The Balaban J connectivity index is 1.97. The van der Waals surface area contributed by atoms with Crippen LogP contribution in [0.2, 0.25) is 5.02 Å². The maximum absolute atomic E-state index is 12.4. The van der Waals surface area contributed by atoms with Crippen molar-refractivity contribution in [2.75, 3.05) is 5.32 Å². The number of halogens is 1. The van der Waals surface area contributed by atoms with Crippen molar-refractivity contribution >= 4 is 23.5 Å². The summed E-state index contributed by atoms with van der Waals surface area (Å²) in [6.07, 6.45) is -0.909. The number of benzene rings is 1. The summed E-state index contributed by atoms with van der Waals surface area (Å²) in [5.74, 6) is -0.111. The summed E-state index contributed by atoms with van der Waals surface area (Å²) in [5.41, 5.74) is -1.66. The third-order valence-electron chi connectivity index (χ3n) is 4.54. The molecule has 0 bridgehead atoms. The van der Waals surface area contributed by atoms with Crippen LogP contribution in [0.3, 0.4) is 0 Å². The fourth-order valence-electron chi connectivity index (χ4n) is 3.01. The van der Waals surface area contributed by atoms with Gasteiger partial charge in [-0.1, -0.05) is 25.4 Å². The van der Waals surface area contributed by atoms with Gasteiger partial charge in [-0.3, -0.25) is 19.9 Å². The molecule has 0 aliphatic rings. The largest absolute Gasteiger partial charge is 0.444 e. The van der Waals surface area contributed by atoms with Crippen LogP contribution in [-0.2, 0) is 4.74 Å². The van der Waals surface area contributed by atoms with Crippen LogP contribution in [0.4, 0.5) is 10.6 Å². The lowest BCUT2D eigenvalue weighted by Crippen LogP contribution is -2.36. The Morgan fingerprint density at radius 3 is 2.43 bits per heavy atom. The Morgan fingerprint density at radius 1 is 1.14 bits per heavy atom. The van der Waals surface area contributed by atoms with Crippen molar-refractivity contribution in [3.63, 3.8) is 0 Å². The molecule has 35 heavy (non-hydrogen) atoms. The van der Waals surface area contributed by atoms with E-state index >= 15 is 0 Å². The lowest BCUT2D eigenvalue weighted by Gasteiger charge is -2.19. The number of carbonyl (C=O) groups is 1. The maximum atomic E-state index is 12.4. The first-order valence-electron chi connectivity index (χ1n) is 10.6. The Kier molecular flexibility index (Phi) is 7.15. The van der Waals surface area contributed by atoms with Crippen LogP contribution < -0.4 is 26.9 Å². The number of carbonyl (C=O) groups excluding carboxylic acids is 1. The van der Waals surface area contributed by atoms with E-state index in [1.54, 1.807) is 33.8 Å². The second-order valence-corrected chi connectivity index (χ2v) is 9.37. The van der Waals surface area contributed by atoms with Crippen LogP contribution in [0.5, 0.6) is 11.6 Å². The first-order valence-corrected chi connectivity index (χ1v) is 10.9. The summed E-state index contributed by atoms with van der Waals surface area (Å²) in [6.45, 7) is 10.4. The molecule has 0 aliphatic carbocycles. The Bertz CT molecular complexity index is 1430. The Morgan fingerprint density at radius 2 is 1.83 bits per heavy atom. The fourth-order valence-corrected chi connectivity index (χ4v) is 3.31. The molecule has 186 valence electrons. The molecular weight excluding hydrogens is 480 g/mol. The van der Waals surface area contributed by atoms with Gasteiger partial charge in [0.05, 0.1) is 10.7 Å². The van der Waals surface area contributed by atoms with Gasteiger partial charge in [0.1, 0.15) is 5.60 Å². The Hall–Kier alpha value is -3.93. The SMILES string of the molecule is Cc1cc(-n2nc(NC(=O)OC(C)(C)C)c(=O)[nH]c2=O)cc(Cl)c1Oc1cc(C(C)C)c(=O)[nH]n1. The molecule has 0 saturated carbocycles. The molecule has 0 saturated heterocycles. The number of rotatable bonds is 5. The summed E-state index contributed by atoms with van der Waals surface area (Å²) >= 11 is 6.42. The number of aromatic nitrogens is 5. The number of ether oxygens (including phenoxy) is 2. The molecule has 2 heterocycles. The number of aromatic amines is 2. The molecule has 3 rings (SSSR count). The average molecular weight is 505 g/mol. The van der Waals surface area contributed by atoms with E-state index in [0.29, 0.717) is 11.1 Å². The van der Waals surface area contributed by atoms with Crippen LogP contribution in [0.1, 0.15) is 51.7 Å². The minimum Gasteiger partial charge on any atom is -0.444 e. The molecule has 12 nitrogen and oxygen atoms in total. The third kappa shape index (κ3) is 6.15. The van der Waals surface area contributed by atoms with Crippen LogP contribution in [0.25, 0.3) is 5.69 Å². The lowest BCUT2D eigenvalue weighted by molar-refractivity contribution is 0.0634. The molecule has 0 unspecified atom stereocenters. The molecule has 13 heteroatoms. The predicted octanol–water partition coefficient (Wildman–Crippen LogP) is 3.23. The van der Waals surface area contributed by atoms with Crippen molar-refractivity contribution in [2.24, 2.45) is 0 Å². The topological polar surface area (TPSA) is 161 Å². The van der Waals surface area contributed by atoms with Crippen LogP contribution >= 0.6 is 11.6 Å². The molecule has 0 fully saturated rings. The number of nitrogens with zero attached hydrogens (tertiary/aromatic N) is 3. The van der Waals surface area contributed by atoms with Gasteiger partial charge < -0.3 is 9.47 Å². The number of amides is 1. The molecule has 3 N–H and O–H groups in total. The summed E-state index contributed by atoms with van der Waals surface area (Å²) in [5, 5.41) is 12.6. The maximum Gasteiger partial charge on any atom is 0.413 e.